The average molecular weight is 575 g/mol. The standard InChI is InChI=1S/C42H42N2/c1-30-11-7-15-37(25-30)43(38-16-8-12-31(2)26-38)39-22-23-41(34(5)28-39)35-18-20-36(21-19-35)44(40-17-9-13-32(3)27-40)42(6)24-10-14-33(4)29-42/h7-28H,29H2,1-6H3. The molecule has 0 heterocycles. The van der Waals surface area contributed by atoms with Crippen LogP contribution in [-0.4, -0.2) is 5.54 Å². The largest absolute Gasteiger partial charge is 0.332 e. The first-order valence-electron chi connectivity index (χ1n) is 15.6. The maximum atomic E-state index is 2.49. The highest BCUT2D eigenvalue weighted by atomic mass is 15.2. The third-order valence-electron chi connectivity index (χ3n) is 8.67. The zero-order valence-corrected chi connectivity index (χ0v) is 26.8. The third-order valence-corrected chi connectivity index (χ3v) is 8.67. The molecule has 44 heavy (non-hydrogen) atoms. The van der Waals surface area contributed by atoms with Crippen molar-refractivity contribution < 1.29 is 0 Å². The Balaban J connectivity index is 1.37. The normalized spacial score (nSPS) is 16.0. The molecule has 1 aliphatic carbocycles. The lowest BCUT2D eigenvalue weighted by molar-refractivity contribution is 0.554. The van der Waals surface area contributed by atoms with Gasteiger partial charge in [-0.1, -0.05) is 78.4 Å². The maximum absolute atomic E-state index is 2.49. The van der Waals surface area contributed by atoms with Crippen LogP contribution in [0.4, 0.5) is 28.4 Å². The topological polar surface area (TPSA) is 6.48 Å². The quantitative estimate of drug-likeness (QED) is 0.191. The average Bonchev–Trinajstić information content (AvgIpc) is 2.98. The van der Waals surface area contributed by atoms with Gasteiger partial charge >= 0.3 is 0 Å². The molecular weight excluding hydrogens is 532 g/mol. The highest BCUT2D eigenvalue weighted by Gasteiger charge is 2.32. The van der Waals surface area contributed by atoms with Gasteiger partial charge in [0, 0.05) is 28.4 Å². The summed E-state index contributed by atoms with van der Waals surface area (Å²) in [4.78, 5) is 4.85. The number of hydrogen-bond donors (Lipinski definition) is 0. The summed E-state index contributed by atoms with van der Waals surface area (Å²) in [7, 11) is 0. The van der Waals surface area contributed by atoms with Crippen LogP contribution >= 0.6 is 0 Å². The van der Waals surface area contributed by atoms with E-state index in [4.69, 9.17) is 0 Å². The van der Waals surface area contributed by atoms with Crippen LogP contribution in [0.2, 0.25) is 0 Å². The molecule has 1 unspecified atom stereocenters. The van der Waals surface area contributed by atoms with Crippen molar-refractivity contribution in [3.05, 3.63) is 161 Å². The highest BCUT2D eigenvalue weighted by molar-refractivity contribution is 5.81. The molecular formula is C42H42N2. The predicted molar refractivity (Wildman–Crippen MR) is 190 cm³/mol. The van der Waals surface area contributed by atoms with E-state index in [1.165, 1.54) is 61.7 Å². The molecule has 1 atom stereocenters. The second kappa shape index (κ2) is 12.1. The molecule has 220 valence electrons. The fourth-order valence-corrected chi connectivity index (χ4v) is 6.64. The number of anilines is 5. The lowest BCUT2D eigenvalue weighted by Crippen LogP contribution is -2.42. The molecule has 0 amide bonds. The van der Waals surface area contributed by atoms with E-state index in [2.05, 4.69) is 185 Å². The van der Waals surface area contributed by atoms with Gasteiger partial charge in [-0.2, -0.15) is 0 Å². The van der Waals surface area contributed by atoms with Crippen LogP contribution in [0, 0.1) is 27.7 Å². The Morgan fingerprint density at radius 2 is 1.07 bits per heavy atom. The van der Waals surface area contributed by atoms with E-state index in [9.17, 15) is 0 Å². The van der Waals surface area contributed by atoms with Gasteiger partial charge in [-0.15, -0.1) is 0 Å². The van der Waals surface area contributed by atoms with E-state index in [0.29, 0.717) is 0 Å². The maximum Gasteiger partial charge on any atom is 0.0645 e. The van der Waals surface area contributed by atoms with Crippen LogP contribution in [-0.2, 0) is 0 Å². The Bertz CT molecular complexity index is 1810. The number of allylic oxidation sites excluding steroid dienone is 2. The summed E-state index contributed by atoms with van der Waals surface area (Å²) in [6.07, 6.45) is 7.76. The van der Waals surface area contributed by atoms with Gasteiger partial charge < -0.3 is 9.80 Å². The van der Waals surface area contributed by atoms with Crippen LogP contribution < -0.4 is 9.80 Å². The van der Waals surface area contributed by atoms with Gasteiger partial charge in [-0.25, -0.2) is 0 Å². The first-order valence-corrected chi connectivity index (χ1v) is 15.6. The first kappa shape index (κ1) is 29.3. The lowest BCUT2D eigenvalue weighted by atomic mass is 9.86. The van der Waals surface area contributed by atoms with Gasteiger partial charge in [-0.3, -0.25) is 0 Å². The predicted octanol–water partition coefficient (Wildman–Crippen LogP) is 11.9. The Hall–Kier alpha value is -4.82. The Kier molecular flexibility index (Phi) is 8.01. The Morgan fingerprint density at radius 1 is 0.545 bits per heavy atom. The molecule has 0 saturated carbocycles. The van der Waals surface area contributed by atoms with Crippen molar-refractivity contribution in [3.63, 3.8) is 0 Å². The summed E-state index contributed by atoms with van der Waals surface area (Å²) in [5.41, 5.74) is 14.6. The van der Waals surface area contributed by atoms with E-state index in [1.54, 1.807) is 0 Å². The molecule has 0 radical (unpaired) electrons. The van der Waals surface area contributed by atoms with E-state index >= 15 is 0 Å². The van der Waals surface area contributed by atoms with Crippen LogP contribution in [0.1, 0.15) is 42.5 Å². The molecule has 0 bridgehead atoms. The molecule has 0 aromatic heterocycles. The third kappa shape index (κ3) is 5.98. The van der Waals surface area contributed by atoms with Crippen LogP contribution in [0.3, 0.4) is 0 Å². The summed E-state index contributed by atoms with van der Waals surface area (Å²) in [6, 6.07) is 42.3. The number of rotatable bonds is 7. The number of nitrogens with zero attached hydrogens (tertiary/aromatic N) is 2. The second-order valence-corrected chi connectivity index (χ2v) is 12.6. The van der Waals surface area contributed by atoms with Crippen molar-refractivity contribution in [3.8, 4) is 11.1 Å². The number of hydrogen-bond acceptors (Lipinski definition) is 2. The number of aryl methyl sites for hydroxylation is 4. The molecule has 2 heteroatoms. The fourth-order valence-electron chi connectivity index (χ4n) is 6.64. The molecule has 2 nitrogen and oxygen atoms in total. The van der Waals surface area contributed by atoms with Crippen LogP contribution in [0.5, 0.6) is 0 Å². The molecule has 0 aliphatic heterocycles. The lowest BCUT2D eigenvalue weighted by Gasteiger charge is -2.43. The molecule has 5 aromatic rings. The summed E-state index contributed by atoms with van der Waals surface area (Å²) in [6.45, 7) is 13.3. The van der Waals surface area contributed by atoms with E-state index in [0.717, 1.165) is 12.1 Å². The Morgan fingerprint density at radius 3 is 1.61 bits per heavy atom. The molecule has 0 saturated heterocycles. The van der Waals surface area contributed by atoms with Gasteiger partial charge in [0.15, 0.2) is 0 Å². The second-order valence-electron chi connectivity index (χ2n) is 12.6. The van der Waals surface area contributed by atoms with Gasteiger partial charge in [0.05, 0.1) is 5.54 Å². The summed E-state index contributed by atoms with van der Waals surface area (Å²) < 4.78 is 0. The highest BCUT2D eigenvalue weighted by Crippen LogP contribution is 2.41. The van der Waals surface area contributed by atoms with Crippen LogP contribution in [0.25, 0.3) is 11.1 Å². The smallest absolute Gasteiger partial charge is 0.0645 e. The molecule has 6 rings (SSSR count). The molecule has 5 aromatic carbocycles. The van der Waals surface area contributed by atoms with Gasteiger partial charge in [0.1, 0.15) is 0 Å². The minimum atomic E-state index is -0.152. The van der Waals surface area contributed by atoms with Crippen molar-refractivity contribution in [2.24, 2.45) is 0 Å². The summed E-state index contributed by atoms with van der Waals surface area (Å²) >= 11 is 0. The monoisotopic (exact) mass is 574 g/mol. The van der Waals surface area contributed by atoms with Gasteiger partial charge in [-0.05, 0) is 142 Å². The zero-order chi connectivity index (χ0) is 30.8. The molecule has 1 aliphatic rings. The summed E-state index contributed by atoms with van der Waals surface area (Å²) in [5.74, 6) is 0. The number of benzene rings is 5. The van der Waals surface area contributed by atoms with E-state index < -0.39 is 0 Å². The minimum absolute atomic E-state index is 0.152. The van der Waals surface area contributed by atoms with Crippen molar-refractivity contribution >= 4 is 28.4 Å². The van der Waals surface area contributed by atoms with Crippen LogP contribution in [0.15, 0.2) is 139 Å². The molecule has 0 spiro atoms. The van der Waals surface area contributed by atoms with Crippen molar-refractivity contribution in [1.82, 2.24) is 0 Å². The van der Waals surface area contributed by atoms with Gasteiger partial charge in [0.2, 0.25) is 0 Å². The minimum Gasteiger partial charge on any atom is -0.332 e. The fraction of sp³-hybridized carbons (Fsp3) is 0.190. The van der Waals surface area contributed by atoms with Crippen molar-refractivity contribution in [2.45, 2.75) is 53.5 Å². The SMILES string of the molecule is CC1=CC=CC(C)(N(c2ccc(-c3ccc(N(c4cccc(C)c4)c4cccc(C)c4)cc3C)cc2)c2cccc(C)c2)C1. The van der Waals surface area contributed by atoms with Crippen molar-refractivity contribution in [1.29, 1.82) is 0 Å². The Labute approximate surface area is 263 Å². The van der Waals surface area contributed by atoms with E-state index in [-0.39, 0.29) is 5.54 Å². The van der Waals surface area contributed by atoms with Gasteiger partial charge in [0.25, 0.3) is 0 Å². The molecule has 0 N–H and O–H groups in total. The molecule has 0 fully saturated rings. The van der Waals surface area contributed by atoms with E-state index in [1.807, 2.05) is 0 Å². The zero-order valence-electron chi connectivity index (χ0n) is 26.8. The van der Waals surface area contributed by atoms with Crippen molar-refractivity contribution in [2.75, 3.05) is 9.80 Å². The summed E-state index contributed by atoms with van der Waals surface area (Å²) in [5, 5.41) is 0. The first-order chi connectivity index (χ1) is 21.2.